The van der Waals surface area contributed by atoms with E-state index in [0.29, 0.717) is 11.5 Å². The Morgan fingerprint density at radius 2 is 1.65 bits per heavy atom. The molecule has 20 heavy (non-hydrogen) atoms. The molecule has 1 N–H and O–H groups in total. The Hall–Kier alpha value is -0.820. The van der Waals surface area contributed by atoms with Crippen molar-refractivity contribution < 1.29 is 0 Å². The molecule has 1 heteroatoms. The molecule has 112 valence electrons. The van der Waals surface area contributed by atoms with Gasteiger partial charge < -0.3 is 5.32 Å². The van der Waals surface area contributed by atoms with Crippen molar-refractivity contribution >= 4 is 0 Å². The van der Waals surface area contributed by atoms with Crippen molar-refractivity contribution in [3.63, 3.8) is 0 Å². The van der Waals surface area contributed by atoms with Gasteiger partial charge in [-0.3, -0.25) is 0 Å². The average molecular weight is 273 g/mol. The van der Waals surface area contributed by atoms with Gasteiger partial charge >= 0.3 is 0 Å². The summed E-state index contributed by atoms with van der Waals surface area (Å²) in [4.78, 5) is 0. The Morgan fingerprint density at radius 1 is 1.05 bits per heavy atom. The van der Waals surface area contributed by atoms with Crippen LogP contribution in [0.2, 0.25) is 0 Å². The molecule has 0 heterocycles. The van der Waals surface area contributed by atoms with Crippen LogP contribution in [0, 0.1) is 19.3 Å². The summed E-state index contributed by atoms with van der Waals surface area (Å²) in [6, 6.07) is 7.82. The van der Waals surface area contributed by atoms with E-state index in [1.54, 1.807) is 5.56 Å². The number of hydrogen-bond donors (Lipinski definition) is 1. The Labute approximate surface area is 125 Å². The second-order valence-electron chi connectivity index (χ2n) is 6.66. The van der Waals surface area contributed by atoms with Gasteiger partial charge in [-0.15, -0.1) is 0 Å². The summed E-state index contributed by atoms with van der Waals surface area (Å²) in [6.45, 7) is 12.6. The van der Waals surface area contributed by atoms with Crippen molar-refractivity contribution in [2.24, 2.45) is 5.41 Å². The highest BCUT2D eigenvalue weighted by Gasteiger charge is 2.52. The third-order valence-electron chi connectivity index (χ3n) is 5.46. The van der Waals surface area contributed by atoms with E-state index in [0.717, 1.165) is 12.5 Å². The van der Waals surface area contributed by atoms with Gasteiger partial charge in [0.05, 0.1) is 0 Å². The van der Waals surface area contributed by atoms with E-state index in [1.165, 1.54) is 36.8 Å². The van der Waals surface area contributed by atoms with Gasteiger partial charge in [-0.2, -0.15) is 0 Å². The zero-order valence-electron chi connectivity index (χ0n) is 13.9. The highest BCUT2D eigenvalue weighted by molar-refractivity contribution is 5.35. The van der Waals surface area contributed by atoms with Crippen LogP contribution in [-0.4, -0.2) is 12.6 Å². The van der Waals surface area contributed by atoms with E-state index < -0.39 is 0 Å². The summed E-state index contributed by atoms with van der Waals surface area (Å²) >= 11 is 0. The van der Waals surface area contributed by atoms with Crippen LogP contribution in [0.5, 0.6) is 0 Å². The van der Waals surface area contributed by atoms with Crippen molar-refractivity contribution in [1.29, 1.82) is 0 Å². The summed E-state index contributed by atoms with van der Waals surface area (Å²) in [6.07, 6.45) is 5.10. The van der Waals surface area contributed by atoms with Crippen molar-refractivity contribution in [2.75, 3.05) is 6.54 Å². The lowest BCUT2D eigenvalue weighted by Crippen LogP contribution is -2.58. The first-order valence-electron chi connectivity index (χ1n) is 8.39. The Morgan fingerprint density at radius 3 is 2.15 bits per heavy atom. The van der Waals surface area contributed by atoms with Gasteiger partial charge in [0.1, 0.15) is 0 Å². The van der Waals surface area contributed by atoms with Crippen LogP contribution in [0.1, 0.15) is 69.1 Å². The van der Waals surface area contributed by atoms with E-state index in [2.05, 4.69) is 58.1 Å². The third kappa shape index (κ3) is 2.65. The van der Waals surface area contributed by atoms with Gasteiger partial charge in [-0.1, -0.05) is 50.1 Å². The monoisotopic (exact) mass is 273 g/mol. The summed E-state index contributed by atoms with van der Waals surface area (Å²) in [5.41, 5.74) is 4.85. The molecular weight excluding hydrogens is 242 g/mol. The highest BCUT2D eigenvalue weighted by Crippen LogP contribution is 2.57. The van der Waals surface area contributed by atoms with Crippen LogP contribution < -0.4 is 5.32 Å². The van der Waals surface area contributed by atoms with Crippen LogP contribution in [0.4, 0.5) is 0 Å². The van der Waals surface area contributed by atoms with Crippen LogP contribution in [0.25, 0.3) is 0 Å². The molecule has 0 aromatic heterocycles. The molecule has 2 unspecified atom stereocenters. The van der Waals surface area contributed by atoms with Crippen LogP contribution in [0.3, 0.4) is 0 Å². The maximum Gasteiger partial charge on any atom is 0.0135 e. The molecule has 2 atom stereocenters. The maximum atomic E-state index is 3.79. The average Bonchev–Trinajstić information content (AvgIpc) is 2.38. The number of hydrogen-bond acceptors (Lipinski definition) is 1. The van der Waals surface area contributed by atoms with Gasteiger partial charge in [0.25, 0.3) is 0 Å². The summed E-state index contributed by atoms with van der Waals surface area (Å²) in [5.74, 6) is 0.741. The highest BCUT2D eigenvalue weighted by atomic mass is 15.0. The summed E-state index contributed by atoms with van der Waals surface area (Å²) in [7, 11) is 0. The normalized spacial score (nSPS) is 24.4. The Balaban J connectivity index is 2.24. The lowest BCUT2D eigenvalue weighted by molar-refractivity contribution is 0.0201. The van der Waals surface area contributed by atoms with E-state index in [4.69, 9.17) is 0 Å². The minimum Gasteiger partial charge on any atom is -0.313 e. The summed E-state index contributed by atoms with van der Waals surface area (Å²) < 4.78 is 0. The summed E-state index contributed by atoms with van der Waals surface area (Å²) in [5, 5.41) is 3.79. The van der Waals surface area contributed by atoms with E-state index in [1.807, 2.05) is 0 Å². The molecule has 1 aliphatic rings. The number of rotatable bonds is 6. The molecule has 1 fully saturated rings. The molecule has 0 radical (unpaired) electrons. The van der Waals surface area contributed by atoms with Crippen molar-refractivity contribution in [1.82, 2.24) is 5.32 Å². The fourth-order valence-corrected chi connectivity index (χ4v) is 4.31. The van der Waals surface area contributed by atoms with Gasteiger partial charge in [0.2, 0.25) is 0 Å². The van der Waals surface area contributed by atoms with Crippen LogP contribution >= 0.6 is 0 Å². The topological polar surface area (TPSA) is 12.0 Å². The molecular formula is C19H31N. The van der Waals surface area contributed by atoms with Crippen molar-refractivity contribution in [3.8, 4) is 0 Å². The lowest BCUT2D eigenvalue weighted by Gasteiger charge is -2.57. The van der Waals surface area contributed by atoms with E-state index in [9.17, 15) is 0 Å². The molecule has 1 aromatic carbocycles. The van der Waals surface area contributed by atoms with Crippen molar-refractivity contribution in [2.45, 2.75) is 72.3 Å². The third-order valence-corrected chi connectivity index (χ3v) is 5.46. The predicted molar refractivity (Wildman–Crippen MR) is 88.4 cm³/mol. The van der Waals surface area contributed by atoms with Gasteiger partial charge in [0, 0.05) is 6.04 Å². The molecule has 0 amide bonds. The Kier molecular flexibility index (Phi) is 4.90. The number of benzene rings is 1. The number of aryl methyl sites for hydroxylation is 2. The quantitative estimate of drug-likeness (QED) is 0.772. The van der Waals surface area contributed by atoms with Crippen molar-refractivity contribution in [3.05, 3.63) is 34.9 Å². The molecule has 1 aliphatic carbocycles. The van der Waals surface area contributed by atoms with E-state index in [-0.39, 0.29) is 0 Å². The minimum absolute atomic E-state index is 0.468. The number of nitrogens with one attached hydrogen (secondary N) is 1. The fourth-order valence-electron chi connectivity index (χ4n) is 4.31. The standard InChI is InChI=1S/C19H31N/c1-6-9-20-18-13-17(19(18,7-2)8-3)16-11-14(4)10-15(5)12-16/h10-12,17-18,20H,6-9,13H2,1-5H3. The molecule has 0 aliphatic heterocycles. The first-order chi connectivity index (χ1) is 9.57. The zero-order chi connectivity index (χ0) is 14.8. The van der Waals surface area contributed by atoms with Crippen LogP contribution in [-0.2, 0) is 0 Å². The molecule has 1 saturated carbocycles. The molecule has 0 spiro atoms. The van der Waals surface area contributed by atoms with Gasteiger partial charge in [0.15, 0.2) is 0 Å². The maximum absolute atomic E-state index is 3.79. The molecule has 0 bridgehead atoms. The second kappa shape index (κ2) is 6.30. The van der Waals surface area contributed by atoms with Gasteiger partial charge in [-0.05, 0) is 63.0 Å². The SMILES string of the molecule is CCCNC1CC(c2cc(C)cc(C)c2)C1(CC)CC. The first kappa shape index (κ1) is 15.6. The molecule has 1 nitrogen and oxygen atoms in total. The first-order valence-corrected chi connectivity index (χ1v) is 8.39. The second-order valence-corrected chi connectivity index (χ2v) is 6.66. The van der Waals surface area contributed by atoms with Gasteiger partial charge in [-0.25, -0.2) is 0 Å². The molecule has 1 aromatic rings. The van der Waals surface area contributed by atoms with E-state index >= 15 is 0 Å². The molecule has 2 rings (SSSR count). The Bertz CT molecular complexity index is 425. The predicted octanol–water partition coefficient (Wildman–Crippen LogP) is 4.97. The lowest BCUT2D eigenvalue weighted by atomic mass is 9.51. The smallest absolute Gasteiger partial charge is 0.0135 e. The van der Waals surface area contributed by atoms with Crippen LogP contribution in [0.15, 0.2) is 18.2 Å². The molecule has 0 saturated heterocycles. The fraction of sp³-hybridized carbons (Fsp3) is 0.684. The zero-order valence-corrected chi connectivity index (χ0v) is 13.9. The largest absolute Gasteiger partial charge is 0.313 e. The minimum atomic E-state index is 0.468.